The molecule has 7 heteroatoms. The van der Waals surface area contributed by atoms with Crippen molar-refractivity contribution in [1.29, 1.82) is 0 Å². The van der Waals surface area contributed by atoms with Crippen LogP contribution in [0.15, 0.2) is 23.1 Å². The molecule has 0 radical (unpaired) electrons. The molecule has 0 amide bonds. The second-order valence-corrected chi connectivity index (χ2v) is 3.58. The molecule has 0 aliphatic carbocycles. The summed E-state index contributed by atoms with van der Waals surface area (Å²) in [6, 6.07) is 1.47. The second-order valence-electron chi connectivity index (χ2n) is 3.58. The van der Waals surface area contributed by atoms with Crippen LogP contribution in [-0.2, 0) is 6.54 Å². The van der Waals surface area contributed by atoms with Crippen molar-refractivity contribution in [2.45, 2.75) is 19.5 Å². The van der Waals surface area contributed by atoms with Gasteiger partial charge in [-0.2, -0.15) is 5.10 Å². The van der Waals surface area contributed by atoms with Crippen LogP contribution in [0.1, 0.15) is 34.9 Å². The molecule has 2 aromatic heterocycles. The normalized spacial score (nSPS) is 12.5. The molecule has 1 atom stereocenters. The van der Waals surface area contributed by atoms with Crippen molar-refractivity contribution in [2.75, 3.05) is 0 Å². The summed E-state index contributed by atoms with van der Waals surface area (Å²) >= 11 is 0. The van der Waals surface area contributed by atoms with Gasteiger partial charge in [-0.25, -0.2) is 9.78 Å². The van der Waals surface area contributed by atoms with Crippen LogP contribution in [0.3, 0.4) is 0 Å². The molecule has 90 valence electrons. The highest BCUT2D eigenvalue weighted by Crippen LogP contribution is 2.10. The molecular weight excluding hydrogens is 224 g/mol. The van der Waals surface area contributed by atoms with Gasteiger partial charge in [0.2, 0.25) is 0 Å². The molecule has 0 saturated heterocycles. The Hall–Kier alpha value is -2.15. The van der Waals surface area contributed by atoms with E-state index in [0.717, 1.165) is 5.82 Å². The first-order valence-electron chi connectivity index (χ1n) is 5.06. The van der Waals surface area contributed by atoms with Crippen molar-refractivity contribution < 1.29 is 14.3 Å². The van der Waals surface area contributed by atoms with E-state index in [0.29, 0.717) is 12.3 Å². The minimum Gasteiger partial charge on any atom is -0.478 e. The van der Waals surface area contributed by atoms with Crippen LogP contribution in [0.2, 0.25) is 0 Å². The van der Waals surface area contributed by atoms with Gasteiger partial charge >= 0.3 is 5.97 Å². The number of nitrogens with one attached hydrogen (secondary N) is 2. The van der Waals surface area contributed by atoms with E-state index >= 15 is 0 Å². The maximum Gasteiger partial charge on any atom is 0.338 e. The fraction of sp³-hybridized carbons (Fsp3) is 0.300. The third-order valence-corrected chi connectivity index (χ3v) is 2.33. The largest absolute Gasteiger partial charge is 0.478 e. The molecule has 2 aromatic rings. The van der Waals surface area contributed by atoms with Gasteiger partial charge in [0.1, 0.15) is 24.2 Å². The highest BCUT2D eigenvalue weighted by molar-refractivity contribution is 5.87. The molecular formula is C10H12N4O3. The number of hydrogen-bond acceptors (Lipinski definition) is 5. The summed E-state index contributed by atoms with van der Waals surface area (Å²) in [5.41, 5.74) is 0.147. The average Bonchev–Trinajstić information content (AvgIpc) is 2.97. The Labute approximate surface area is 96.9 Å². The third-order valence-electron chi connectivity index (χ3n) is 2.33. The summed E-state index contributed by atoms with van der Waals surface area (Å²) in [6.45, 7) is 2.34. The van der Waals surface area contributed by atoms with Crippen molar-refractivity contribution in [3.8, 4) is 0 Å². The molecule has 2 heterocycles. The number of rotatable bonds is 5. The Morgan fingerprint density at radius 3 is 3.12 bits per heavy atom. The van der Waals surface area contributed by atoms with Crippen molar-refractivity contribution in [2.24, 2.45) is 0 Å². The van der Waals surface area contributed by atoms with E-state index in [1.165, 1.54) is 18.7 Å². The van der Waals surface area contributed by atoms with Crippen LogP contribution in [0, 0.1) is 0 Å². The fourth-order valence-corrected chi connectivity index (χ4v) is 1.36. The number of aromatic carboxylic acids is 1. The number of carbonyl (C=O) groups is 1. The van der Waals surface area contributed by atoms with Gasteiger partial charge in [-0.05, 0) is 13.0 Å². The zero-order valence-corrected chi connectivity index (χ0v) is 9.17. The molecule has 17 heavy (non-hydrogen) atoms. The van der Waals surface area contributed by atoms with Crippen molar-refractivity contribution in [3.05, 3.63) is 35.8 Å². The molecule has 0 fully saturated rings. The highest BCUT2D eigenvalue weighted by Gasteiger charge is 2.11. The molecule has 0 saturated carbocycles. The predicted molar refractivity (Wildman–Crippen MR) is 57.3 cm³/mol. The van der Waals surface area contributed by atoms with Crippen LogP contribution < -0.4 is 5.32 Å². The Morgan fingerprint density at radius 1 is 1.71 bits per heavy atom. The van der Waals surface area contributed by atoms with Crippen LogP contribution >= 0.6 is 0 Å². The number of nitrogens with zero attached hydrogens (tertiary/aromatic N) is 2. The summed E-state index contributed by atoms with van der Waals surface area (Å²) in [6.07, 6.45) is 2.65. The van der Waals surface area contributed by atoms with Crippen LogP contribution in [0.5, 0.6) is 0 Å². The van der Waals surface area contributed by atoms with E-state index in [9.17, 15) is 4.79 Å². The van der Waals surface area contributed by atoms with Gasteiger partial charge in [0.15, 0.2) is 0 Å². The quantitative estimate of drug-likeness (QED) is 0.713. The first kappa shape index (κ1) is 11.3. The highest BCUT2D eigenvalue weighted by atomic mass is 16.4. The Kier molecular flexibility index (Phi) is 3.20. The van der Waals surface area contributed by atoms with E-state index in [1.54, 1.807) is 0 Å². The SMILES string of the molecule is CC(NCc1cc(C(=O)O)co1)c1ncn[nH]1. The van der Waals surface area contributed by atoms with Crippen LogP contribution in [-0.4, -0.2) is 26.3 Å². The molecule has 7 nitrogen and oxygen atoms in total. The van der Waals surface area contributed by atoms with Gasteiger partial charge < -0.3 is 14.8 Å². The van der Waals surface area contributed by atoms with Gasteiger partial charge in [0, 0.05) is 0 Å². The lowest BCUT2D eigenvalue weighted by Crippen LogP contribution is -2.18. The van der Waals surface area contributed by atoms with E-state index in [2.05, 4.69) is 20.5 Å². The van der Waals surface area contributed by atoms with E-state index in [-0.39, 0.29) is 11.6 Å². The van der Waals surface area contributed by atoms with Crippen molar-refractivity contribution >= 4 is 5.97 Å². The van der Waals surface area contributed by atoms with Crippen molar-refractivity contribution in [3.63, 3.8) is 0 Å². The van der Waals surface area contributed by atoms with Gasteiger partial charge in [-0.1, -0.05) is 0 Å². The number of carboxylic acid groups (broad SMARTS) is 1. The van der Waals surface area contributed by atoms with Crippen LogP contribution in [0.4, 0.5) is 0 Å². The Bertz CT molecular complexity index is 491. The standard InChI is InChI=1S/C10H12N4O3/c1-6(9-12-5-13-14-9)11-3-8-2-7(4-17-8)10(15)16/h2,4-6,11H,3H2,1H3,(H,15,16)(H,12,13,14). The number of aromatic nitrogens is 3. The van der Waals surface area contributed by atoms with Gasteiger partial charge in [0.05, 0.1) is 18.2 Å². The lowest BCUT2D eigenvalue weighted by molar-refractivity contribution is 0.0696. The monoisotopic (exact) mass is 236 g/mol. The number of aromatic amines is 1. The van der Waals surface area contributed by atoms with Gasteiger partial charge in [0.25, 0.3) is 0 Å². The lowest BCUT2D eigenvalue weighted by Gasteiger charge is -2.08. The molecule has 0 spiro atoms. The Balaban J connectivity index is 1.91. The number of furan rings is 1. The summed E-state index contributed by atoms with van der Waals surface area (Å²) in [7, 11) is 0. The topological polar surface area (TPSA) is 104 Å². The number of hydrogen-bond donors (Lipinski definition) is 3. The smallest absolute Gasteiger partial charge is 0.338 e. The molecule has 0 aliphatic rings. The summed E-state index contributed by atoms with van der Waals surface area (Å²) < 4.78 is 5.10. The molecule has 0 bridgehead atoms. The summed E-state index contributed by atoms with van der Waals surface area (Å²) in [4.78, 5) is 14.6. The summed E-state index contributed by atoms with van der Waals surface area (Å²) in [5, 5.41) is 18.4. The van der Waals surface area contributed by atoms with E-state index in [4.69, 9.17) is 9.52 Å². The summed E-state index contributed by atoms with van der Waals surface area (Å²) in [5.74, 6) is 0.284. The second kappa shape index (κ2) is 4.79. The van der Waals surface area contributed by atoms with E-state index in [1.807, 2.05) is 6.92 Å². The van der Waals surface area contributed by atoms with Crippen LogP contribution in [0.25, 0.3) is 0 Å². The van der Waals surface area contributed by atoms with Crippen molar-refractivity contribution in [1.82, 2.24) is 20.5 Å². The first-order chi connectivity index (χ1) is 8.16. The fourth-order valence-electron chi connectivity index (χ4n) is 1.36. The molecule has 3 N–H and O–H groups in total. The average molecular weight is 236 g/mol. The zero-order chi connectivity index (χ0) is 12.3. The maximum absolute atomic E-state index is 10.6. The molecule has 2 rings (SSSR count). The third kappa shape index (κ3) is 2.70. The van der Waals surface area contributed by atoms with E-state index < -0.39 is 5.97 Å². The lowest BCUT2D eigenvalue weighted by atomic mass is 10.3. The van der Waals surface area contributed by atoms with Gasteiger partial charge in [-0.3, -0.25) is 5.10 Å². The zero-order valence-electron chi connectivity index (χ0n) is 9.17. The number of carboxylic acids is 1. The maximum atomic E-state index is 10.6. The minimum absolute atomic E-state index is 0.0177. The minimum atomic E-state index is -0.997. The first-order valence-corrected chi connectivity index (χ1v) is 5.06. The molecule has 0 aromatic carbocycles. The molecule has 0 aliphatic heterocycles. The van der Waals surface area contributed by atoms with Gasteiger partial charge in [-0.15, -0.1) is 0 Å². The Morgan fingerprint density at radius 2 is 2.53 bits per heavy atom. The predicted octanol–water partition coefficient (Wildman–Crippen LogP) is 0.947. The number of H-pyrrole nitrogens is 1. The molecule has 1 unspecified atom stereocenters.